The van der Waals surface area contributed by atoms with Crippen LogP contribution < -0.4 is 11.1 Å². The van der Waals surface area contributed by atoms with Crippen LogP contribution in [0.3, 0.4) is 0 Å². The summed E-state index contributed by atoms with van der Waals surface area (Å²) in [5.41, 5.74) is 6.29. The molecule has 22 heavy (non-hydrogen) atoms. The van der Waals surface area contributed by atoms with Gasteiger partial charge in [-0.3, -0.25) is 14.5 Å². The van der Waals surface area contributed by atoms with Crippen molar-refractivity contribution in [3.05, 3.63) is 29.8 Å². The van der Waals surface area contributed by atoms with Gasteiger partial charge in [-0.15, -0.1) is 0 Å². The van der Waals surface area contributed by atoms with Gasteiger partial charge < -0.3 is 11.1 Å². The monoisotopic (exact) mass is 301 g/mol. The molecule has 3 N–H and O–H groups in total. The third-order valence-corrected chi connectivity index (χ3v) is 4.70. The number of amides is 2. The highest BCUT2D eigenvalue weighted by Gasteiger charge is 2.55. The molecule has 0 bridgehead atoms. The number of anilines is 1. The molecule has 0 spiro atoms. The molecule has 1 aromatic rings. The number of carbonyl (C=O) groups excluding carboxylic acids is 2. The van der Waals surface area contributed by atoms with Gasteiger partial charge in [0.1, 0.15) is 5.41 Å². The number of likely N-dealkylation sites (tertiary alicyclic amines) is 1. The van der Waals surface area contributed by atoms with E-state index in [0.717, 1.165) is 25.3 Å². The fourth-order valence-electron chi connectivity index (χ4n) is 3.08. The third kappa shape index (κ3) is 3.14. The predicted octanol–water partition coefficient (Wildman–Crippen LogP) is 1.88. The number of primary amides is 1. The van der Waals surface area contributed by atoms with E-state index in [1.807, 2.05) is 18.2 Å². The molecule has 0 radical (unpaired) electrons. The Morgan fingerprint density at radius 1 is 1.18 bits per heavy atom. The van der Waals surface area contributed by atoms with E-state index in [9.17, 15) is 9.59 Å². The molecule has 1 saturated carbocycles. The van der Waals surface area contributed by atoms with Gasteiger partial charge in [-0.1, -0.05) is 18.6 Å². The fraction of sp³-hybridized carbons (Fsp3) is 0.529. The van der Waals surface area contributed by atoms with Crippen LogP contribution >= 0.6 is 0 Å². The molecule has 0 unspecified atom stereocenters. The second-order valence-corrected chi connectivity index (χ2v) is 6.44. The second kappa shape index (κ2) is 6.08. The lowest BCUT2D eigenvalue weighted by molar-refractivity contribution is -0.132. The number of carbonyl (C=O) groups is 2. The zero-order valence-corrected chi connectivity index (χ0v) is 12.8. The molecule has 5 heteroatoms. The molecule has 1 aliphatic carbocycles. The molecule has 3 rings (SSSR count). The van der Waals surface area contributed by atoms with E-state index in [4.69, 9.17) is 5.73 Å². The Morgan fingerprint density at radius 3 is 2.55 bits per heavy atom. The first-order valence-corrected chi connectivity index (χ1v) is 8.03. The Balaban J connectivity index is 1.64. The molecule has 118 valence electrons. The van der Waals surface area contributed by atoms with Gasteiger partial charge in [0.2, 0.25) is 11.8 Å². The average molecular weight is 301 g/mol. The lowest BCUT2D eigenvalue weighted by Crippen LogP contribution is -2.36. The zero-order valence-electron chi connectivity index (χ0n) is 12.8. The number of hydrogen-bond donors (Lipinski definition) is 2. The first-order chi connectivity index (χ1) is 10.6. The van der Waals surface area contributed by atoms with Gasteiger partial charge in [0, 0.05) is 12.2 Å². The summed E-state index contributed by atoms with van der Waals surface area (Å²) in [7, 11) is 0. The first-order valence-electron chi connectivity index (χ1n) is 8.03. The Labute approximate surface area is 130 Å². The van der Waals surface area contributed by atoms with Crippen LogP contribution in [0.4, 0.5) is 5.69 Å². The molecule has 2 amide bonds. The van der Waals surface area contributed by atoms with Crippen molar-refractivity contribution in [1.82, 2.24) is 4.90 Å². The van der Waals surface area contributed by atoms with Crippen molar-refractivity contribution >= 4 is 17.5 Å². The summed E-state index contributed by atoms with van der Waals surface area (Å²) in [6.45, 7) is 3.19. The highest BCUT2D eigenvalue weighted by molar-refractivity contribution is 6.12. The van der Waals surface area contributed by atoms with Crippen LogP contribution in [0.1, 0.15) is 37.7 Å². The van der Waals surface area contributed by atoms with Gasteiger partial charge in [0.05, 0.1) is 0 Å². The van der Waals surface area contributed by atoms with Crippen LogP contribution in [0.15, 0.2) is 24.3 Å². The van der Waals surface area contributed by atoms with Crippen molar-refractivity contribution in [2.75, 3.05) is 18.4 Å². The Morgan fingerprint density at radius 2 is 1.91 bits per heavy atom. The third-order valence-electron chi connectivity index (χ3n) is 4.70. The Hall–Kier alpha value is -1.88. The zero-order chi connectivity index (χ0) is 15.6. The van der Waals surface area contributed by atoms with Crippen LogP contribution in [-0.4, -0.2) is 29.8 Å². The summed E-state index contributed by atoms with van der Waals surface area (Å²) in [4.78, 5) is 26.1. The lowest BCUT2D eigenvalue weighted by atomic mass is 10.1. The number of hydrogen-bond acceptors (Lipinski definition) is 3. The maximum absolute atomic E-state index is 12.2. The van der Waals surface area contributed by atoms with Gasteiger partial charge >= 0.3 is 0 Å². The molecule has 1 saturated heterocycles. The van der Waals surface area contributed by atoms with E-state index in [1.54, 1.807) is 0 Å². The lowest BCUT2D eigenvalue weighted by Gasteiger charge is -2.26. The molecule has 1 aliphatic heterocycles. The van der Waals surface area contributed by atoms with E-state index in [-0.39, 0.29) is 5.91 Å². The van der Waals surface area contributed by atoms with Gasteiger partial charge in [-0.25, -0.2) is 0 Å². The maximum atomic E-state index is 12.2. The van der Waals surface area contributed by atoms with Crippen LogP contribution in [0.25, 0.3) is 0 Å². The minimum atomic E-state index is -0.969. The minimum absolute atomic E-state index is 0.268. The predicted molar refractivity (Wildman–Crippen MR) is 85.1 cm³/mol. The summed E-state index contributed by atoms with van der Waals surface area (Å²) in [5, 5.41) is 2.85. The molecule has 2 aliphatic rings. The van der Waals surface area contributed by atoms with Crippen molar-refractivity contribution < 1.29 is 9.59 Å². The standard InChI is InChI=1S/C17H23N3O2/c18-15(21)17(7-8-17)16(22)19-14-6-4-5-13(11-14)12-20-9-2-1-3-10-20/h4-6,11H,1-3,7-10,12H2,(H2,18,21)(H,19,22). The highest BCUT2D eigenvalue weighted by atomic mass is 16.2. The first kappa shape index (κ1) is 15.0. The van der Waals surface area contributed by atoms with Gasteiger partial charge in [0.25, 0.3) is 0 Å². The number of nitrogens with one attached hydrogen (secondary N) is 1. The fourth-order valence-corrected chi connectivity index (χ4v) is 3.08. The second-order valence-electron chi connectivity index (χ2n) is 6.44. The van der Waals surface area contributed by atoms with E-state index < -0.39 is 11.3 Å². The smallest absolute Gasteiger partial charge is 0.240 e. The normalized spacial score (nSPS) is 20.4. The molecule has 5 nitrogen and oxygen atoms in total. The molecular formula is C17H23N3O2. The quantitative estimate of drug-likeness (QED) is 0.815. The average Bonchev–Trinajstić information content (AvgIpc) is 3.30. The summed E-state index contributed by atoms with van der Waals surface area (Å²) in [5.74, 6) is -0.787. The number of piperidine rings is 1. The number of nitrogens with zero attached hydrogens (tertiary/aromatic N) is 1. The van der Waals surface area contributed by atoms with Crippen molar-refractivity contribution in [2.45, 2.75) is 38.6 Å². The van der Waals surface area contributed by atoms with E-state index in [2.05, 4.69) is 16.3 Å². The number of benzene rings is 1. The summed E-state index contributed by atoms with van der Waals surface area (Å²) < 4.78 is 0. The molecule has 0 atom stereocenters. The van der Waals surface area contributed by atoms with Crippen LogP contribution in [0.2, 0.25) is 0 Å². The SMILES string of the molecule is NC(=O)C1(C(=O)Nc2cccc(CN3CCCCC3)c2)CC1. The van der Waals surface area contributed by atoms with Gasteiger partial charge in [-0.2, -0.15) is 0 Å². The maximum Gasteiger partial charge on any atom is 0.240 e. The molecule has 2 fully saturated rings. The van der Waals surface area contributed by atoms with E-state index in [1.165, 1.54) is 24.8 Å². The van der Waals surface area contributed by atoms with Gasteiger partial charge in [0.15, 0.2) is 0 Å². The van der Waals surface area contributed by atoms with Crippen molar-refractivity contribution in [1.29, 1.82) is 0 Å². The topological polar surface area (TPSA) is 75.4 Å². The Kier molecular flexibility index (Phi) is 4.16. The van der Waals surface area contributed by atoms with Gasteiger partial charge in [-0.05, 0) is 56.5 Å². The summed E-state index contributed by atoms with van der Waals surface area (Å²) in [6.07, 6.45) is 4.96. The molecule has 0 aromatic heterocycles. The van der Waals surface area contributed by atoms with E-state index >= 15 is 0 Å². The summed E-state index contributed by atoms with van der Waals surface area (Å²) in [6, 6.07) is 7.86. The molecule has 1 heterocycles. The molecule has 1 aromatic carbocycles. The van der Waals surface area contributed by atoms with E-state index in [0.29, 0.717) is 12.8 Å². The van der Waals surface area contributed by atoms with Crippen molar-refractivity contribution in [3.8, 4) is 0 Å². The van der Waals surface area contributed by atoms with Crippen molar-refractivity contribution in [3.63, 3.8) is 0 Å². The summed E-state index contributed by atoms with van der Waals surface area (Å²) >= 11 is 0. The van der Waals surface area contributed by atoms with Crippen LogP contribution in [0.5, 0.6) is 0 Å². The van der Waals surface area contributed by atoms with Crippen LogP contribution in [0, 0.1) is 5.41 Å². The van der Waals surface area contributed by atoms with Crippen molar-refractivity contribution in [2.24, 2.45) is 11.1 Å². The largest absolute Gasteiger partial charge is 0.369 e. The number of nitrogens with two attached hydrogens (primary N) is 1. The highest BCUT2D eigenvalue weighted by Crippen LogP contribution is 2.46. The Bertz CT molecular complexity index is 575. The molecular weight excluding hydrogens is 278 g/mol. The number of rotatable bonds is 5. The van der Waals surface area contributed by atoms with Crippen LogP contribution in [-0.2, 0) is 16.1 Å². The minimum Gasteiger partial charge on any atom is -0.369 e.